The second kappa shape index (κ2) is 4.29. The molecule has 3 rings (SSSR count). The van der Waals surface area contributed by atoms with E-state index in [9.17, 15) is 9.59 Å². The van der Waals surface area contributed by atoms with Crippen molar-refractivity contribution in [2.45, 2.75) is 0 Å². The van der Waals surface area contributed by atoms with Crippen molar-refractivity contribution >= 4 is 55.8 Å². The fourth-order valence-electron chi connectivity index (χ4n) is 1.80. The molecule has 6 heteroatoms. The Hall–Kier alpha value is -1.53. The molecule has 2 N–H and O–H groups in total. The molecule has 18 heavy (non-hydrogen) atoms. The van der Waals surface area contributed by atoms with Gasteiger partial charge in [0.1, 0.15) is 0 Å². The summed E-state index contributed by atoms with van der Waals surface area (Å²) in [5, 5.41) is 2.91. The Kier molecular flexibility index (Phi) is 2.76. The molecular weight excluding hydrogens is 316 g/mol. The number of hydrogen-bond donors (Lipinski definition) is 2. The standard InChI is InChI=1S/C12H7BrN2O2S/c13-7-1-2-9-8(4-7)6(5-14-9)3-10-11(16)15-12(17)18-10/h1-5,14H,(H,15,16,17)/b10-3-. The zero-order valence-corrected chi connectivity index (χ0v) is 11.4. The van der Waals surface area contributed by atoms with Crippen molar-refractivity contribution in [3.05, 3.63) is 39.3 Å². The number of halogens is 1. The molecule has 0 saturated carbocycles. The van der Waals surface area contributed by atoms with Crippen LogP contribution in [0.5, 0.6) is 0 Å². The van der Waals surface area contributed by atoms with Gasteiger partial charge in [-0.05, 0) is 36.0 Å². The summed E-state index contributed by atoms with van der Waals surface area (Å²) in [6, 6.07) is 5.86. The molecule has 1 fully saturated rings. The van der Waals surface area contributed by atoms with Crippen LogP contribution >= 0.6 is 27.7 Å². The first kappa shape index (κ1) is 11.6. The van der Waals surface area contributed by atoms with Gasteiger partial charge in [0.2, 0.25) is 0 Å². The lowest BCUT2D eigenvalue weighted by molar-refractivity contribution is -0.115. The van der Waals surface area contributed by atoms with Gasteiger partial charge in [-0.15, -0.1) is 0 Å². The lowest BCUT2D eigenvalue weighted by Crippen LogP contribution is -2.17. The molecule has 0 atom stereocenters. The molecule has 1 aromatic heterocycles. The smallest absolute Gasteiger partial charge is 0.290 e. The van der Waals surface area contributed by atoms with Gasteiger partial charge in [-0.25, -0.2) is 0 Å². The van der Waals surface area contributed by atoms with Gasteiger partial charge in [0, 0.05) is 27.1 Å². The maximum Gasteiger partial charge on any atom is 0.290 e. The van der Waals surface area contributed by atoms with Gasteiger partial charge in [0.25, 0.3) is 11.1 Å². The van der Waals surface area contributed by atoms with Gasteiger partial charge in [0.05, 0.1) is 4.91 Å². The highest BCUT2D eigenvalue weighted by atomic mass is 79.9. The summed E-state index contributed by atoms with van der Waals surface area (Å²) in [7, 11) is 0. The predicted molar refractivity (Wildman–Crippen MR) is 75.1 cm³/mol. The number of carbonyl (C=O) groups is 2. The Bertz CT molecular complexity index is 705. The van der Waals surface area contributed by atoms with Crippen LogP contribution in [0, 0.1) is 0 Å². The number of thioether (sulfide) groups is 1. The summed E-state index contributed by atoms with van der Waals surface area (Å²) >= 11 is 4.33. The number of nitrogens with one attached hydrogen (secondary N) is 2. The first-order valence-electron chi connectivity index (χ1n) is 5.15. The maximum atomic E-state index is 11.5. The number of benzene rings is 1. The Morgan fingerprint density at radius 2 is 2.11 bits per heavy atom. The van der Waals surface area contributed by atoms with Crippen LogP contribution in [0.15, 0.2) is 33.8 Å². The van der Waals surface area contributed by atoms with Crippen LogP contribution in [0.1, 0.15) is 5.56 Å². The number of aromatic amines is 1. The Morgan fingerprint density at radius 1 is 1.28 bits per heavy atom. The predicted octanol–water partition coefficient (Wildman–Crippen LogP) is 3.25. The molecule has 4 nitrogen and oxygen atoms in total. The number of amides is 2. The van der Waals surface area contributed by atoms with Crippen LogP contribution in [-0.2, 0) is 4.79 Å². The summed E-state index contributed by atoms with van der Waals surface area (Å²) in [6.07, 6.45) is 3.54. The van der Waals surface area contributed by atoms with E-state index in [2.05, 4.69) is 26.2 Å². The Morgan fingerprint density at radius 3 is 2.83 bits per heavy atom. The molecular formula is C12H7BrN2O2S. The van der Waals surface area contributed by atoms with Gasteiger partial charge < -0.3 is 4.98 Å². The van der Waals surface area contributed by atoms with E-state index in [0.717, 1.165) is 32.7 Å². The minimum atomic E-state index is -0.339. The van der Waals surface area contributed by atoms with E-state index in [4.69, 9.17) is 0 Å². The zero-order chi connectivity index (χ0) is 12.7. The number of rotatable bonds is 1. The van der Waals surface area contributed by atoms with E-state index in [1.54, 1.807) is 6.08 Å². The molecule has 0 spiro atoms. The van der Waals surface area contributed by atoms with E-state index in [1.165, 1.54) is 0 Å². The minimum absolute atomic E-state index is 0.327. The van der Waals surface area contributed by atoms with Gasteiger partial charge in [-0.1, -0.05) is 15.9 Å². The van der Waals surface area contributed by atoms with Crippen molar-refractivity contribution in [3.8, 4) is 0 Å². The fraction of sp³-hybridized carbons (Fsp3) is 0. The third-order valence-electron chi connectivity index (χ3n) is 2.60. The van der Waals surface area contributed by atoms with Crippen molar-refractivity contribution in [2.24, 2.45) is 0 Å². The highest BCUT2D eigenvalue weighted by Crippen LogP contribution is 2.29. The maximum absolute atomic E-state index is 11.5. The summed E-state index contributed by atoms with van der Waals surface area (Å²) in [5.74, 6) is -0.339. The van der Waals surface area contributed by atoms with Crippen molar-refractivity contribution in [3.63, 3.8) is 0 Å². The Balaban J connectivity index is 2.10. The number of fused-ring (bicyclic) bond motifs is 1. The van der Waals surface area contributed by atoms with Crippen molar-refractivity contribution in [2.75, 3.05) is 0 Å². The lowest BCUT2D eigenvalue weighted by atomic mass is 10.1. The van der Waals surface area contributed by atoms with Gasteiger partial charge in [-0.3, -0.25) is 14.9 Å². The fourth-order valence-corrected chi connectivity index (χ4v) is 2.83. The molecule has 1 saturated heterocycles. The average Bonchev–Trinajstić information content (AvgIpc) is 2.84. The molecule has 90 valence electrons. The van der Waals surface area contributed by atoms with Gasteiger partial charge >= 0.3 is 0 Å². The minimum Gasteiger partial charge on any atom is -0.361 e. The summed E-state index contributed by atoms with van der Waals surface area (Å²) in [5.41, 5.74) is 1.87. The number of carbonyl (C=O) groups excluding carboxylic acids is 2. The summed E-state index contributed by atoms with van der Waals surface area (Å²) in [4.78, 5) is 26.1. The third kappa shape index (κ3) is 1.97. The molecule has 1 aliphatic rings. The van der Waals surface area contributed by atoms with E-state index >= 15 is 0 Å². The summed E-state index contributed by atoms with van der Waals surface area (Å²) in [6.45, 7) is 0. The highest BCUT2D eigenvalue weighted by molar-refractivity contribution is 9.10. The zero-order valence-electron chi connectivity index (χ0n) is 8.99. The Labute approximate surface area is 115 Å². The van der Waals surface area contributed by atoms with Crippen LogP contribution in [0.25, 0.3) is 17.0 Å². The molecule has 1 aromatic carbocycles. The van der Waals surface area contributed by atoms with Crippen molar-refractivity contribution < 1.29 is 9.59 Å². The van der Waals surface area contributed by atoms with Crippen LogP contribution in [0.4, 0.5) is 4.79 Å². The summed E-state index contributed by atoms with van der Waals surface area (Å²) < 4.78 is 0.967. The molecule has 1 aliphatic heterocycles. The van der Waals surface area contributed by atoms with Crippen LogP contribution in [0.3, 0.4) is 0 Å². The first-order valence-corrected chi connectivity index (χ1v) is 6.76. The normalized spacial score (nSPS) is 17.7. The van der Waals surface area contributed by atoms with E-state index in [-0.39, 0.29) is 11.1 Å². The van der Waals surface area contributed by atoms with Crippen LogP contribution in [-0.4, -0.2) is 16.1 Å². The highest BCUT2D eigenvalue weighted by Gasteiger charge is 2.25. The third-order valence-corrected chi connectivity index (χ3v) is 3.91. The first-order chi connectivity index (χ1) is 8.63. The van der Waals surface area contributed by atoms with E-state index in [1.807, 2.05) is 24.4 Å². The molecule has 2 aromatic rings. The molecule has 2 heterocycles. The molecule has 2 amide bonds. The van der Waals surface area contributed by atoms with E-state index in [0.29, 0.717) is 4.91 Å². The lowest BCUT2D eigenvalue weighted by Gasteiger charge is -1.94. The SMILES string of the molecule is O=C1NC(=O)/C(=C/c2c[nH]c3ccc(Br)cc23)S1. The molecule has 0 bridgehead atoms. The van der Waals surface area contributed by atoms with E-state index < -0.39 is 0 Å². The molecule has 0 radical (unpaired) electrons. The second-order valence-corrected chi connectivity index (χ2v) is 5.72. The average molecular weight is 323 g/mol. The quantitative estimate of drug-likeness (QED) is 0.792. The van der Waals surface area contributed by atoms with Gasteiger partial charge in [0.15, 0.2) is 0 Å². The van der Waals surface area contributed by atoms with Crippen molar-refractivity contribution in [1.82, 2.24) is 10.3 Å². The number of aromatic nitrogens is 1. The van der Waals surface area contributed by atoms with Gasteiger partial charge in [-0.2, -0.15) is 0 Å². The topological polar surface area (TPSA) is 62.0 Å². The molecule has 0 aliphatic carbocycles. The monoisotopic (exact) mass is 322 g/mol. The van der Waals surface area contributed by atoms with Crippen LogP contribution < -0.4 is 5.32 Å². The van der Waals surface area contributed by atoms with Crippen molar-refractivity contribution in [1.29, 1.82) is 0 Å². The molecule has 0 unspecified atom stereocenters. The number of imide groups is 1. The second-order valence-electron chi connectivity index (χ2n) is 3.79. The number of hydrogen-bond acceptors (Lipinski definition) is 3. The van der Waals surface area contributed by atoms with Crippen LogP contribution in [0.2, 0.25) is 0 Å². The number of H-pyrrole nitrogens is 1. The largest absolute Gasteiger partial charge is 0.361 e.